The lowest BCUT2D eigenvalue weighted by Gasteiger charge is -2.23. The van der Waals surface area contributed by atoms with Gasteiger partial charge in [0.1, 0.15) is 0 Å². The number of hydrogen-bond acceptors (Lipinski definition) is 4. The minimum absolute atomic E-state index is 0.0733. The van der Waals surface area contributed by atoms with Gasteiger partial charge in [0, 0.05) is 18.5 Å². The number of nitrogens with zero attached hydrogens (tertiary/aromatic N) is 2. The summed E-state index contributed by atoms with van der Waals surface area (Å²) in [6.07, 6.45) is 4.62. The number of carbonyl (C=O) groups is 1. The van der Waals surface area contributed by atoms with Crippen LogP contribution in [0.5, 0.6) is 0 Å². The number of rotatable bonds is 2. The summed E-state index contributed by atoms with van der Waals surface area (Å²) in [5.41, 5.74) is 1.29. The molecule has 0 N–H and O–H groups in total. The smallest absolute Gasteiger partial charge is 0.186 e. The molecule has 0 saturated carbocycles. The molecule has 1 aliphatic rings. The van der Waals surface area contributed by atoms with Crippen LogP contribution < -0.4 is 4.90 Å². The van der Waals surface area contributed by atoms with Crippen molar-refractivity contribution in [3.8, 4) is 0 Å². The Bertz CT molecular complexity index is 485. The Balaban J connectivity index is 2.25. The first-order chi connectivity index (χ1) is 9.23. The Kier molecular flexibility index (Phi) is 4.24. The largest absolute Gasteiger partial charge is 0.348 e. The molecule has 0 bridgehead atoms. The van der Waals surface area contributed by atoms with Gasteiger partial charge >= 0.3 is 0 Å². The van der Waals surface area contributed by atoms with E-state index < -0.39 is 0 Å². The van der Waals surface area contributed by atoms with Crippen molar-refractivity contribution >= 4 is 22.8 Å². The molecule has 4 heteroatoms. The first-order valence-electron chi connectivity index (χ1n) is 7.44. The van der Waals surface area contributed by atoms with Gasteiger partial charge < -0.3 is 4.90 Å². The van der Waals surface area contributed by atoms with Crippen molar-refractivity contribution < 1.29 is 4.79 Å². The lowest BCUT2D eigenvalue weighted by Crippen LogP contribution is -2.25. The van der Waals surface area contributed by atoms with E-state index in [4.69, 9.17) is 4.98 Å². The summed E-state index contributed by atoms with van der Waals surface area (Å²) in [5, 5.41) is 1.02. The van der Waals surface area contributed by atoms with Gasteiger partial charge in [0.15, 0.2) is 11.4 Å². The molecule has 0 aromatic carbocycles. The SMILES string of the molecule is CC1(C)CCCN(c2nc(C(C)(C)C)c(C=O)s2)CC1. The Morgan fingerprint density at radius 3 is 2.50 bits per heavy atom. The maximum Gasteiger partial charge on any atom is 0.186 e. The molecule has 0 atom stereocenters. The molecule has 2 heterocycles. The van der Waals surface area contributed by atoms with Crippen LogP contribution in [0.15, 0.2) is 0 Å². The van der Waals surface area contributed by atoms with Crippen LogP contribution in [0.25, 0.3) is 0 Å². The molecule has 3 nitrogen and oxygen atoms in total. The Morgan fingerprint density at radius 1 is 1.25 bits per heavy atom. The normalized spacial score (nSPS) is 19.8. The van der Waals surface area contributed by atoms with Crippen LogP contribution >= 0.6 is 11.3 Å². The van der Waals surface area contributed by atoms with Gasteiger partial charge in [0.05, 0.1) is 10.6 Å². The quantitative estimate of drug-likeness (QED) is 0.764. The second-order valence-corrected chi connectivity index (χ2v) is 8.59. The number of thiazole rings is 1. The van der Waals surface area contributed by atoms with Crippen molar-refractivity contribution in [2.24, 2.45) is 5.41 Å². The molecule has 0 aliphatic carbocycles. The van der Waals surface area contributed by atoms with Crippen molar-refractivity contribution in [1.29, 1.82) is 0 Å². The predicted octanol–water partition coefficient (Wildman–Crippen LogP) is 4.27. The summed E-state index contributed by atoms with van der Waals surface area (Å²) < 4.78 is 0. The summed E-state index contributed by atoms with van der Waals surface area (Å²) in [5.74, 6) is 0. The number of carbonyl (C=O) groups excluding carboxylic acids is 1. The van der Waals surface area contributed by atoms with Crippen molar-refractivity contribution in [2.45, 2.75) is 59.3 Å². The Morgan fingerprint density at radius 2 is 1.95 bits per heavy atom. The van der Waals surface area contributed by atoms with Crippen LogP contribution in [0, 0.1) is 5.41 Å². The van der Waals surface area contributed by atoms with Crippen molar-refractivity contribution in [2.75, 3.05) is 18.0 Å². The van der Waals surface area contributed by atoms with E-state index in [9.17, 15) is 4.79 Å². The van der Waals surface area contributed by atoms with Gasteiger partial charge in [0.25, 0.3) is 0 Å². The molecule has 2 rings (SSSR count). The molecule has 112 valence electrons. The van der Waals surface area contributed by atoms with Gasteiger partial charge in [-0.2, -0.15) is 0 Å². The van der Waals surface area contributed by atoms with E-state index in [1.54, 1.807) is 11.3 Å². The molecule has 0 amide bonds. The number of anilines is 1. The molecule has 0 spiro atoms. The van der Waals surface area contributed by atoms with E-state index in [0.717, 1.165) is 35.1 Å². The fraction of sp³-hybridized carbons (Fsp3) is 0.750. The minimum atomic E-state index is -0.0733. The molecule has 1 fully saturated rings. The zero-order chi connectivity index (χ0) is 15.0. The monoisotopic (exact) mass is 294 g/mol. The van der Waals surface area contributed by atoms with Crippen LogP contribution in [-0.2, 0) is 5.41 Å². The summed E-state index contributed by atoms with van der Waals surface area (Å²) in [4.78, 5) is 19.2. The predicted molar refractivity (Wildman–Crippen MR) is 86.0 cm³/mol. The first kappa shape index (κ1) is 15.5. The van der Waals surface area contributed by atoms with Crippen LogP contribution in [0.4, 0.5) is 5.13 Å². The lowest BCUT2D eigenvalue weighted by molar-refractivity contribution is 0.112. The molecule has 1 aliphatic heterocycles. The molecule has 0 radical (unpaired) electrons. The van der Waals surface area contributed by atoms with Gasteiger partial charge in [-0.05, 0) is 24.7 Å². The van der Waals surface area contributed by atoms with E-state index >= 15 is 0 Å². The minimum Gasteiger partial charge on any atom is -0.348 e. The van der Waals surface area contributed by atoms with Crippen molar-refractivity contribution in [3.63, 3.8) is 0 Å². The molecule has 1 aromatic rings. The lowest BCUT2D eigenvalue weighted by atomic mass is 9.85. The molecule has 1 saturated heterocycles. The molecule has 0 unspecified atom stereocenters. The van der Waals surface area contributed by atoms with Crippen LogP contribution in [0.2, 0.25) is 0 Å². The van der Waals surface area contributed by atoms with Gasteiger partial charge in [-0.25, -0.2) is 4.98 Å². The summed E-state index contributed by atoms with van der Waals surface area (Å²) >= 11 is 1.55. The third-order valence-electron chi connectivity index (χ3n) is 4.07. The van der Waals surface area contributed by atoms with Crippen molar-refractivity contribution in [3.05, 3.63) is 10.6 Å². The van der Waals surface area contributed by atoms with Crippen molar-refractivity contribution in [1.82, 2.24) is 4.98 Å². The van der Waals surface area contributed by atoms with Gasteiger partial charge in [-0.15, -0.1) is 0 Å². The zero-order valence-electron chi connectivity index (χ0n) is 13.3. The van der Waals surface area contributed by atoms with E-state index in [2.05, 4.69) is 39.5 Å². The second-order valence-electron chi connectivity index (χ2n) is 7.58. The average molecular weight is 294 g/mol. The highest BCUT2D eigenvalue weighted by Crippen LogP contribution is 2.36. The van der Waals surface area contributed by atoms with Gasteiger partial charge in [0.2, 0.25) is 0 Å². The number of aromatic nitrogens is 1. The average Bonchev–Trinajstić information content (AvgIpc) is 2.69. The first-order valence-corrected chi connectivity index (χ1v) is 8.26. The molecule has 20 heavy (non-hydrogen) atoms. The van der Waals surface area contributed by atoms with E-state index in [-0.39, 0.29) is 5.41 Å². The van der Waals surface area contributed by atoms with Gasteiger partial charge in [-0.1, -0.05) is 46.0 Å². The highest BCUT2D eigenvalue weighted by atomic mass is 32.1. The van der Waals surface area contributed by atoms with Crippen LogP contribution in [0.3, 0.4) is 0 Å². The van der Waals surface area contributed by atoms with E-state index in [0.29, 0.717) is 5.41 Å². The molecular weight excluding hydrogens is 268 g/mol. The number of aldehydes is 1. The van der Waals surface area contributed by atoms with Crippen LogP contribution in [0.1, 0.15) is 69.2 Å². The summed E-state index contributed by atoms with van der Waals surface area (Å²) in [6, 6.07) is 0. The Hall–Kier alpha value is -0.900. The van der Waals surface area contributed by atoms with Gasteiger partial charge in [-0.3, -0.25) is 4.79 Å². The second kappa shape index (κ2) is 5.47. The highest BCUT2D eigenvalue weighted by Gasteiger charge is 2.28. The Labute approximate surface area is 126 Å². The summed E-state index contributed by atoms with van der Waals surface area (Å²) in [6.45, 7) is 13.1. The third-order valence-corrected chi connectivity index (χ3v) is 5.11. The third kappa shape index (κ3) is 3.40. The maximum atomic E-state index is 11.3. The van der Waals surface area contributed by atoms with E-state index in [1.807, 2.05) is 0 Å². The highest BCUT2D eigenvalue weighted by molar-refractivity contribution is 7.17. The zero-order valence-corrected chi connectivity index (χ0v) is 14.1. The van der Waals surface area contributed by atoms with E-state index in [1.165, 1.54) is 19.3 Å². The molecular formula is C16H26N2OS. The summed E-state index contributed by atoms with van der Waals surface area (Å²) in [7, 11) is 0. The maximum absolute atomic E-state index is 11.3. The fourth-order valence-electron chi connectivity index (χ4n) is 2.69. The number of hydrogen-bond donors (Lipinski definition) is 0. The van der Waals surface area contributed by atoms with Crippen LogP contribution in [-0.4, -0.2) is 24.4 Å². The molecule has 1 aromatic heterocycles. The fourth-order valence-corrected chi connectivity index (χ4v) is 3.83. The standard InChI is InChI=1S/C16H26N2OS/c1-15(2,3)13-12(11-19)20-14(17-13)18-9-6-7-16(4,5)8-10-18/h11H,6-10H2,1-5H3. The topological polar surface area (TPSA) is 33.2 Å².